The number of H-pyrrole nitrogens is 1. The summed E-state index contributed by atoms with van der Waals surface area (Å²) in [4.78, 5) is 20.8. The fraction of sp³-hybridized carbons (Fsp3) is 0.158. The zero-order valence-corrected chi connectivity index (χ0v) is 18.3. The van der Waals surface area contributed by atoms with Gasteiger partial charge in [0.2, 0.25) is 5.16 Å². The van der Waals surface area contributed by atoms with Crippen molar-refractivity contribution >= 4 is 57.4 Å². The van der Waals surface area contributed by atoms with Gasteiger partial charge >= 0.3 is 0 Å². The predicted octanol–water partition coefficient (Wildman–Crippen LogP) is 5.13. The lowest BCUT2D eigenvalue weighted by atomic mass is 10.1. The van der Waals surface area contributed by atoms with Crippen LogP contribution >= 0.6 is 45.8 Å². The molecule has 0 radical (unpaired) electrons. The van der Waals surface area contributed by atoms with E-state index in [2.05, 4.69) is 32.4 Å². The molecule has 146 valence electrons. The topological polar surface area (TPSA) is 74.2 Å². The largest absolute Gasteiger partial charge is 0.272 e. The molecule has 0 saturated carbocycles. The Bertz CT molecular complexity index is 1120. The molecule has 0 aromatic carbocycles. The molecule has 0 aliphatic carbocycles. The molecule has 0 saturated heterocycles. The van der Waals surface area contributed by atoms with Crippen LogP contribution in [0.25, 0.3) is 10.7 Å². The molecule has 1 N–H and O–H groups in total. The van der Waals surface area contributed by atoms with Crippen LogP contribution in [0.15, 0.2) is 62.8 Å². The summed E-state index contributed by atoms with van der Waals surface area (Å²) in [6, 6.07) is 12.1. The van der Waals surface area contributed by atoms with Crippen molar-refractivity contribution in [3.8, 4) is 10.7 Å². The fourth-order valence-electron chi connectivity index (χ4n) is 3.06. The van der Waals surface area contributed by atoms with Gasteiger partial charge in [0.25, 0.3) is 5.91 Å². The van der Waals surface area contributed by atoms with E-state index in [1.807, 2.05) is 40.4 Å². The highest BCUT2D eigenvalue weighted by molar-refractivity contribution is 7.99. The normalized spacial score (nSPS) is 16.3. The first-order chi connectivity index (χ1) is 14.3. The second-order valence-corrected chi connectivity index (χ2v) is 10.0. The highest BCUT2D eigenvalue weighted by Gasteiger charge is 2.34. The Balaban J connectivity index is 1.31. The predicted molar refractivity (Wildman–Crippen MR) is 120 cm³/mol. The van der Waals surface area contributed by atoms with Gasteiger partial charge < -0.3 is 0 Å². The Morgan fingerprint density at radius 1 is 1.10 bits per heavy atom. The number of aromatic nitrogens is 3. The minimum Gasteiger partial charge on any atom is -0.272 e. The number of carbonyl (C=O) groups is 1. The standard InChI is InChI=1S/C19H15N5OS4/c25-17(11-29-19-20-18(21-22-19)16-6-3-9-28-16)24-13(15-5-2-8-27-15)10-12(23-24)14-4-1-7-26-14/h1-9,13H,10-11H2,(H,20,21,22). The van der Waals surface area contributed by atoms with Gasteiger partial charge in [-0.15, -0.1) is 39.1 Å². The van der Waals surface area contributed by atoms with Crippen LogP contribution < -0.4 is 0 Å². The molecule has 1 unspecified atom stereocenters. The second kappa shape index (κ2) is 8.23. The Labute approximate surface area is 183 Å². The molecule has 29 heavy (non-hydrogen) atoms. The molecule has 0 spiro atoms. The third-order valence-electron chi connectivity index (χ3n) is 4.39. The van der Waals surface area contributed by atoms with E-state index in [-0.39, 0.29) is 17.7 Å². The first-order valence-corrected chi connectivity index (χ1v) is 12.5. The third-order valence-corrected chi connectivity index (χ3v) is 7.99. The van der Waals surface area contributed by atoms with Crippen molar-refractivity contribution in [1.29, 1.82) is 0 Å². The molecule has 1 amide bonds. The van der Waals surface area contributed by atoms with Crippen molar-refractivity contribution in [2.75, 3.05) is 5.75 Å². The van der Waals surface area contributed by atoms with Crippen LogP contribution in [0.3, 0.4) is 0 Å². The maximum Gasteiger partial charge on any atom is 0.253 e. The fourth-order valence-corrected chi connectivity index (χ4v) is 5.91. The van der Waals surface area contributed by atoms with Gasteiger partial charge in [0.1, 0.15) is 0 Å². The van der Waals surface area contributed by atoms with Gasteiger partial charge in [-0.1, -0.05) is 30.0 Å². The van der Waals surface area contributed by atoms with E-state index in [9.17, 15) is 4.79 Å². The van der Waals surface area contributed by atoms with Crippen molar-refractivity contribution in [3.05, 3.63) is 62.3 Å². The molecule has 4 aromatic heterocycles. The summed E-state index contributed by atoms with van der Waals surface area (Å²) in [5.74, 6) is 0.929. The third kappa shape index (κ3) is 3.93. The van der Waals surface area contributed by atoms with Gasteiger partial charge in [-0.2, -0.15) is 5.10 Å². The molecule has 6 nitrogen and oxygen atoms in total. The summed E-state index contributed by atoms with van der Waals surface area (Å²) in [5, 5.41) is 20.1. The van der Waals surface area contributed by atoms with E-state index >= 15 is 0 Å². The first-order valence-electron chi connectivity index (χ1n) is 8.84. The molecule has 1 aliphatic rings. The van der Waals surface area contributed by atoms with E-state index in [1.54, 1.807) is 39.0 Å². The number of hydrogen-bond donors (Lipinski definition) is 1. The van der Waals surface area contributed by atoms with Crippen LogP contribution in [0.5, 0.6) is 0 Å². The van der Waals surface area contributed by atoms with Gasteiger partial charge in [0.05, 0.1) is 27.3 Å². The molecule has 0 fully saturated rings. The number of thiophene rings is 3. The van der Waals surface area contributed by atoms with Gasteiger partial charge in [0.15, 0.2) is 5.82 Å². The number of nitrogens with zero attached hydrogens (tertiary/aromatic N) is 4. The smallest absolute Gasteiger partial charge is 0.253 e. The van der Waals surface area contributed by atoms with Gasteiger partial charge in [-0.05, 0) is 34.3 Å². The van der Waals surface area contributed by atoms with Gasteiger partial charge in [0, 0.05) is 11.3 Å². The maximum atomic E-state index is 13.0. The SMILES string of the molecule is O=C(CSc1n[nH]c(-c2cccs2)n1)N1N=C(c2cccs2)CC1c1cccs1. The summed E-state index contributed by atoms with van der Waals surface area (Å²) in [5.41, 5.74) is 0.967. The minimum absolute atomic E-state index is 0.0394. The average Bonchev–Trinajstić information content (AvgIpc) is 3.56. The second-order valence-electron chi connectivity index (χ2n) is 6.23. The number of carbonyl (C=O) groups excluding carboxylic acids is 1. The van der Waals surface area contributed by atoms with Crippen LogP contribution in [-0.4, -0.2) is 37.6 Å². The Morgan fingerprint density at radius 3 is 2.59 bits per heavy atom. The minimum atomic E-state index is -0.0472. The molecular weight excluding hydrogens is 443 g/mol. The zero-order valence-electron chi connectivity index (χ0n) is 15.0. The molecule has 10 heteroatoms. The quantitative estimate of drug-likeness (QED) is 0.408. The lowest BCUT2D eigenvalue weighted by molar-refractivity contribution is -0.130. The molecule has 1 atom stereocenters. The van der Waals surface area contributed by atoms with Crippen LogP contribution in [0, 0.1) is 0 Å². The van der Waals surface area contributed by atoms with E-state index in [4.69, 9.17) is 0 Å². The first kappa shape index (κ1) is 18.7. The van der Waals surface area contributed by atoms with Gasteiger partial charge in [-0.3, -0.25) is 9.89 Å². The summed E-state index contributed by atoms with van der Waals surface area (Å²) < 4.78 is 0. The van der Waals surface area contributed by atoms with E-state index < -0.39 is 0 Å². The number of hydrazone groups is 1. The van der Waals surface area contributed by atoms with Crippen molar-refractivity contribution < 1.29 is 4.79 Å². The number of amides is 1. The molecule has 0 bridgehead atoms. The van der Waals surface area contributed by atoms with Crippen molar-refractivity contribution in [3.63, 3.8) is 0 Å². The Morgan fingerprint density at radius 2 is 1.86 bits per heavy atom. The molecule has 1 aliphatic heterocycles. The Hall–Kier alpha value is -2.27. The maximum absolute atomic E-state index is 13.0. The molecule has 5 rings (SSSR count). The number of hydrogen-bond acceptors (Lipinski definition) is 8. The van der Waals surface area contributed by atoms with E-state index in [1.165, 1.54) is 11.8 Å². The summed E-state index contributed by atoms with van der Waals surface area (Å²) in [6.45, 7) is 0. The summed E-state index contributed by atoms with van der Waals surface area (Å²) >= 11 is 6.24. The zero-order chi connectivity index (χ0) is 19.6. The number of thioether (sulfide) groups is 1. The van der Waals surface area contributed by atoms with E-state index in [0.717, 1.165) is 32.6 Å². The van der Waals surface area contributed by atoms with Crippen molar-refractivity contribution in [2.45, 2.75) is 17.6 Å². The lowest BCUT2D eigenvalue weighted by Gasteiger charge is -2.20. The van der Waals surface area contributed by atoms with Gasteiger partial charge in [-0.25, -0.2) is 9.99 Å². The Kier molecular flexibility index (Phi) is 5.32. The number of nitrogens with one attached hydrogen (secondary N) is 1. The van der Waals surface area contributed by atoms with Crippen LogP contribution in [-0.2, 0) is 4.79 Å². The molecule has 5 heterocycles. The lowest BCUT2D eigenvalue weighted by Crippen LogP contribution is -2.28. The highest BCUT2D eigenvalue weighted by Crippen LogP contribution is 2.36. The van der Waals surface area contributed by atoms with E-state index in [0.29, 0.717) is 5.16 Å². The van der Waals surface area contributed by atoms with Crippen molar-refractivity contribution in [2.24, 2.45) is 5.10 Å². The number of rotatable bonds is 6. The molecular formula is C19H15N5OS4. The average molecular weight is 458 g/mol. The van der Waals surface area contributed by atoms with Crippen LogP contribution in [0.4, 0.5) is 0 Å². The number of aromatic amines is 1. The highest BCUT2D eigenvalue weighted by atomic mass is 32.2. The van der Waals surface area contributed by atoms with Crippen molar-refractivity contribution in [1.82, 2.24) is 20.2 Å². The molecule has 4 aromatic rings. The van der Waals surface area contributed by atoms with Crippen LogP contribution in [0.2, 0.25) is 0 Å². The summed E-state index contributed by atoms with van der Waals surface area (Å²) in [7, 11) is 0. The van der Waals surface area contributed by atoms with Crippen LogP contribution in [0.1, 0.15) is 22.2 Å². The summed E-state index contributed by atoms with van der Waals surface area (Å²) in [6.07, 6.45) is 0.737. The monoisotopic (exact) mass is 457 g/mol.